The van der Waals surface area contributed by atoms with E-state index in [-0.39, 0.29) is 16.2 Å². The van der Waals surface area contributed by atoms with E-state index >= 15 is 0 Å². The topological polar surface area (TPSA) is 154 Å². The molecule has 0 saturated carbocycles. The van der Waals surface area contributed by atoms with Crippen molar-refractivity contribution in [2.45, 2.75) is 25.2 Å². The zero-order valence-electron chi connectivity index (χ0n) is 15.3. The largest absolute Gasteiger partial charge is 0.496 e. The lowest BCUT2D eigenvalue weighted by Crippen LogP contribution is -2.42. The molecule has 0 aliphatic heterocycles. The number of carbonyl (C=O) groups is 3. The molecule has 0 radical (unpaired) electrons. The molecule has 11 heteroatoms. The molecular weight excluding hydrogens is 378 g/mol. The van der Waals surface area contributed by atoms with Gasteiger partial charge >= 0.3 is 12.0 Å². The van der Waals surface area contributed by atoms with Gasteiger partial charge in [0.1, 0.15) is 11.3 Å². The minimum absolute atomic E-state index is 0.0410. The number of benzene rings is 1. The maximum Gasteiger partial charge on any atom is 0.342 e. The van der Waals surface area contributed by atoms with Crippen LogP contribution in [0.15, 0.2) is 23.1 Å². The number of nitrogens with one attached hydrogen (secondary N) is 2. The van der Waals surface area contributed by atoms with Crippen LogP contribution in [0.2, 0.25) is 0 Å². The van der Waals surface area contributed by atoms with Gasteiger partial charge in [0.15, 0.2) is 6.61 Å². The fourth-order valence-electron chi connectivity index (χ4n) is 1.91. The quantitative estimate of drug-likeness (QED) is 0.532. The van der Waals surface area contributed by atoms with Crippen molar-refractivity contribution in [3.63, 3.8) is 0 Å². The van der Waals surface area contributed by atoms with E-state index in [4.69, 9.17) is 14.6 Å². The second-order valence-electron chi connectivity index (χ2n) is 5.97. The van der Waals surface area contributed by atoms with Crippen LogP contribution >= 0.6 is 0 Å². The molecule has 0 saturated heterocycles. The van der Waals surface area contributed by atoms with Crippen molar-refractivity contribution >= 4 is 27.9 Å². The van der Waals surface area contributed by atoms with Gasteiger partial charge in [0.2, 0.25) is 10.0 Å². The van der Waals surface area contributed by atoms with E-state index in [0.29, 0.717) is 12.5 Å². The van der Waals surface area contributed by atoms with Crippen molar-refractivity contribution in [2.24, 2.45) is 11.1 Å². The summed E-state index contributed by atoms with van der Waals surface area (Å²) < 4.78 is 32.6. The van der Waals surface area contributed by atoms with Crippen LogP contribution < -0.4 is 20.5 Å². The number of sulfonamides is 1. The molecule has 0 heterocycles. The standard InChI is InChI=1S/C16H23N3O7S/c1-10(2)6-7-18-16(22)19-14(20)9-26-15(21)12-8-11(27(17,23)24)4-5-13(12)25-3/h4-5,8,10H,6-7,9H2,1-3H3,(H2,17,23,24)(H2,18,19,20,22). The van der Waals surface area contributed by atoms with E-state index in [9.17, 15) is 22.8 Å². The van der Waals surface area contributed by atoms with E-state index in [1.54, 1.807) is 0 Å². The minimum atomic E-state index is -4.04. The highest BCUT2D eigenvalue weighted by Gasteiger charge is 2.20. The monoisotopic (exact) mass is 401 g/mol. The molecule has 1 aromatic carbocycles. The lowest BCUT2D eigenvalue weighted by Gasteiger charge is -2.11. The number of esters is 1. The number of hydrogen-bond donors (Lipinski definition) is 3. The zero-order chi connectivity index (χ0) is 20.6. The number of urea groups is 1. The summed E-state index contributed by atoms with van der Waals surface area (Å²) in [6.45, 7) is 3.64. The number of methoxy groups -OCH3 is 1. The van der Waals surface area contributed by atoms with Crippen molar-refractivity contribution in [1.82, 2.24) is 10.6 Å². The average Bonchev–Trinajstić information content (AvgIpc) is 2.57. The number of nitrogens with two attached hydrogens (primary N) is 1. The summed E-state index contributed by atoms with van der Waals surface area (Å²) in [7, 11) is -2.77. The summed E-state index contributed by atoms with van der Waals surface area (Å²) in [4.78, 5) is 35.0. The number of carbonyl (C=O) groups excluding carboxylic acids is 3. The lowest BCUT2D eigenvalue weighted by molar-refractivity contribution is -0.123. The molecule has 10 nitrogen and oxygen atoms in total. The molecule has 0 spiro atoms. The Morgan fingerprint density at radius 3 is 2.44 bits per heavy atom. The van der Waals surface area contributed by atoms with Crippen LogP contribution in [0.25, 0.3) is 0 Å². The van der Waals surface area contributed by atoms with Gasteiger partial charge in [-0.25, -0.2) is 23.1 Å². The summed E-state index contributed by atoms with van der Waals surface area (Å²) in [5.41, 5.74) is -0.224. The number of ether oxygens (including phenoxy) is 2. The fraction of sp³-hybridized carbons (Fsp3) is 0.438. The normalized spacial score (nSPS) is 11.0. The molecule has 0 unspecified atom stereocenters. The van der Waals surface area contributed by atoms with Gasteiger partial charge in [-0.15, -0.1) is 0 Å². The predicted molar refractivity (Wildman–Crippen MR) is 95.6 cm³/mol. The van der Waals surface area contributed by atoms with Gasteiger partial charge in [0.25, 0.3) is 5.91 Å². The van der Waals surface area contributed by atoms with Gasteiger partial charge in [0.05, 0.1) is 12.0 Å². The van der Waals surface area contributed by atoms with Crippen LogP contribution in [0, 0.1) is 5.92 Å². The second kappa shape index (κ2) is 9.88. The Morgan fingerprint density at radius 2 is 1.89 bits per heavy atom. The van der Waals surface area contributed by atoms with Crippen molar-refractivity contribution in [3.05, 3.63) is 23.8 Å². The maximum atomic E-state index is 12.1. The first-order valence-corrected chi connectivity index (χ1v) is 9.55. The number of hydrogen-bond acceptors (Lipinski definition) is 7. The molecule has 0 aliphatic carbocycles. The fourth-order valence-corrected chi connectivity index (χ4v) is 2.45. The van der Waals surface area contributed by atoms with Gasteiger partial charge in [-0.2, -0.15) is 0 Å². The Labute approximate surface area is 157 Å². The highest BCUT2D eigenvalue weighted by Crippen LogP contribution is 2.22. The number of amides is 3. The summed E-state index contributed by atoms with van der Waals surface area (Å²) >= 11 is 0. The Kier molecular flexibility index (Phi) is 8.19. The molecule has 4 N–H and O–H groups in total. The second-order valence-corrected chi connectivity index (χ2v) is 7.53. The minimum Gasteiger partial charge on any atom is -0.496 e. The van der Waals surface area contributed by atoms with Gasteiger partial charge in [-0.1, -0.05) is 13.8 Å². The van der Waals surface area contributed by atoms with Crippen molar-refractivity contribution in [3.8, 4) is 5.75 Å². The maximum absolute atomic E-state index is 12.1. The summed E-state index contributed by atoms with van der Waals surface area (Å²) in [5, 5.41) is 9.53. The summed E-state index contributed by atoms with van der Waals surface area (Å²) in [6.07, 6.45) is 0.747. The third-order valence-corrected chi connectivity index (χ3v) is 4.22. The first kappa shape index (κ1) is 22.4. The summed E-state index contributed by atoms with van der Waals surface area (Å²) in [5.74, 6) is -1.41. The molecule has 27 heavy (non-hydrogen) atoms. The van der Waals surface area contributed by atoms with E-state index < -0.39 is 34.5 Å². The van der Waals surface area contributed by atoms with Crippen molar-refractivity contribution < 1.29 is 32.3 Å². The van der Waals surface area contributed by atoms with Gasteiger partial charge in [-0.05, 0) is 30.5 Å². The molecule has 0 fully saturated rings. The molecule has 0 aliphatic rings. The third-order valence-electron chi connectivity index (χ3n) is 3.31. The Balaban J connectivity index is 2.66. The predicted octanol–water partition coefficient (Wildman–Crippen LogP) is 0.371. The number of primary sulfonamides is 1. The molecular formula is C16H23N3O7S. The van der Waals surface area contributed by atoms with Crippen molar-refractivity contribution in [2.75, 3.05) is 20.3 Å². The van der Waals surface area contributed by atoms with E-state index in [1.165, 1.54) is 19.2 Å². The zero-order valence-corrected chi connectivity index (χ0v) is 16.1. The SMILES string of the molecule is COc1ccc(S(N)(=O)=O)cc1C(=O)OCC(=O)NC(=O)NCCC(C)C. The first-order chi connectivity index (χ1) is 12.5. The molecule has 0 aromatic heterocycles. The van der Waals surface area contributed by atoms with Crippen molar-refractivity contribution in [1.29, 1.82) is 0 Å². The summed E-state index contributed by atoms with van der Waals surface area (Å²) in [6, 6.07) is 2.68. The van der Waals surface area contributed by atoms with Gasteiger partial charge < -0.3 is 14.8 Å². The smallest absolute Gasteiger partial charge is 0.342 e. The van der Waals surface area contributed by atoms with Gasteiger partial charge in [-0.3, -0.25) is 10.1 Å². The van der Waals surface area contributed by atoms with Crippen LogP contribution in [0.5, 0.6) is 5.75 Å². The third kappa shape index (κ3) is 7.62. The van der Waals surface area contributed by atoms with Crippen LogP contribution in [0.4, 0.5) is 4.79 Å². The van der Waals surface area contributed by atoms with Crippen LogP contribution in [-0.2, 0) is 19.6 Å². The van der Waals surface area contributed by atoms with E-state index in [0.717, 1.165) is 12.5 Å². The number of imide groups is 1. The molecule has 1 aromatic rings. The Bertz CT molecular complexity index is 806. The van der Waals surface area contributed by atoms with Crippen LogP contribution in [-0.4, -0.2) is 46.6 Å². The lowest BCUT2D eigenvalue weighted by atomic mass is 10.1. The molecule has 3 amide bonds. The van der Waals surface area contributed by atoms with E-state index in [1.807, 2.05) is 19.2 Å². The highest BCUT2D eigenvalue weighted by atomic mass is 32.2. The molecule has 0 atom stereocenters. The molecule has 1 rings (SSSR count). The molecule has 0 bridgehead atoms. The number of rotatable bonds is 8. The highest BCUT2D eigenvalue weighted by molar-refractivity contribution is 7.89. The van der Waals surface area contributed by atoms with Gasteiger partial charge in [0, 0.05) is 6.54 Å². The Morgan fingerprint density at radius 1 is 1.22 bits per heavy atom. The average molecular weight is 401 g/mol. The van der Waals surface area contributed by atoms with E-state index in [2.05, 4.69) is 5.32 Å². The first-order valence-electron chi connectivity index (χ1n) is 8.00. The van der Waals surface area contributed by atoms with Crippen LogP contribution in [0.1, 0.15) is 30.6 Å². The molecule has 150 valence electrons. The van der Waals surface area contributed by atoms with Crippen LogP contribution in [0.3, 0.4) is 0 Å². The Hall–Kier alpha value is -2.66.